The topological polar surface area (TPSA) is 185 Å². The van der Waals surface area contributed by atoms with Crippen molar-refractivity contribution >= 4 is 17.9 Å². The van der Waals surface area contributed by atoms with Gasteiger partial charge < -0.3 is 26.0 Å². The van der Waals surface area contributed by atoms with Gasteiger partial charge in [-0.15, -0.1) is 0 Å². The van der Waals surface area contributed by atoms with Crippen LogP contribution in [0.2, 0.25) is 0 Å². The fourth-order valence-electron chi connectivity index (χ4n) is 15.7. The van der Waals surface area contributed by atoms with Gasteiger partial charge in [0.2, 0.25) is 6.54 Å². The van der Waals surface area contributed by atoms with Crippen LogP contribution in [0.1, 0.15) is 138 Å². The number of carboxylic acids is 1. The van der Waals surface area contributed by atoms with Crippen LogP contribution in [0.4, 0.5) is 0 Å². The summed E-state index contributed by atoms with van der Waals surface area (Å²) in [4.78, 5) is 46.4. The second-order valence-corrected chi connectivity index (χ2v) is 22.1. The fraction of sp³-hybridized carbons (Fsp3) is 0.932. The van der Waals surface area contributed by atoms with E-state index in [9.17, 15) is 24.5 Å². The summed E-state index contributed by atoms with van der Waals surface area (Å²) in [6, 6.07) is 0. The molecule has 9 aliphatic carbocycles. The molecule has 15 atom stereocenters. The van der Waals surface area contributed by atoms with E-state index in [1.165, 1.54) is 64.2 Å². The van der Waals surface area contributed by atoms with E-state index < -0.39 is 17.0 Å². The Morgan fingerprint density at radius 3 is 1.29 bits per heavy atom. The van der Waals surface area contributed by atoms with Crippen molar-refractivity contribution in [1.29, 1.82) is 0 Å². The summed E-state index contributed by atoms with van der Waals surface area (Å²) in [5.74, 6) is 7.27. The molecular formula is C44H71N3O8. The molecule has 9 aliphatic rings. The molecule has 5 N–H and O–H groups in total. The monoisotopic (exact) mass is 770 g/mol. The number of nitrogens with zero attached hydrogens (tertiary/aromatic N) is 1. The molecule has 11 heteroatoms. The Morgan fingerprint density at radius 2 is 0.945 bits per heavy atom. The molecule has 0 aromatic heterocycles. The summed E-state index contributed by atoms with van der Waals surface area (Å²) >= 11 is 0. The molecule has 9 rings (SSSR count). The maximum atomic E-state index is 12.3. The highest BCUT2D eigenvalue weighted by molar-refractivity contribution is 5.72. The first-order chi connectivity index (χ1) is 25.7. The summed E-state index contributed by atoms with van der Waals surface area (Å²) < 4.78 is 11.0. The van der Waals surface area contributed by atoms with Crippen LogP contribution in [0, 0.1) is 97.4 Å². The number of aliphatic carboxylic acids is 1. The summed E-state index contributed by atoms with van der Waals surface area (Å²) in [7, 11) is 0. The van der Waals surface area contributed by atoms with Crippen LogP contribution in [-0.2, 0) is 23.9 Å². The molecular weight excluding hydrogens is 698 g/mol. The van der Waals surface area contributed by atoms with Gasteiger partial charge in [-0.05, 0) is 194 Å². The van der Waals surface area contributed by atoms with Gasteiger partial charge in [-0.2, -0.15) is 0 Å². The Labute approximate surface area is 328 Å². The van der Waals surface area contributed by atoms with Crippen LogP contribution in [0.15, 0.2) is 0 Å². The molecule has 0 amide bonds. The second-order valence-electron chi connectivity index (χ2n) is 22.1. The van der Waals surface area contributed by atoms with Gasteiger partial charge in [0, 0.05) is 4.92 Å². The minimum absolute atomic E-state index is 0.0260. The van der Waals surface area contributed by atoms with E-state index in [0.29, 0.717) is 67.4 Å². The smallest absolute Gasteiger partial charge is 0.307 e. The van der Waals surface area contributed by atoms with Crippen LogP contribution >= 0.6 is 0 Å². The van der Waals surface area contributed by atoms with Gasteiger partial charge in [0.25, 0.3) is 0 Å². The highest BCUT2D eigenvalue weighted by Gasteiger charge is 2.70. The molecule has 0 aromatic rings. The first-order valence-electron chi connectivity index (χ1n) is 21.9. The van der Waals surface area contributed by atoms with E-state index in [-0.39, 0.29) is 46.3 Å². The largest absolute Gasteiger partial charge is 0.481 e. The SMILES string of the molecule is CC(C)(C)OC(=O)C[C@]1(CN)C2CC[C@H]3C[C@@H]2[C@@H]1C3.CC(C)(C)OC(=O)C[C@]1(C[N+](=O)[O-])C2CC[C@H]3C[C@@H]2[C@@H]1C3.NC[C@@]1(CC(=O)O)C2CC[C@H]3C[C@@H]2[C@@H]1C3. The summed E-state index contributed by atoms with van der Waals surface area (Å²) in [5.41, 5.74) is 10.7. The lowest BCUT2D eigenvalue weighted by Crippen LogP contribution is -2.59. The van der Waals surface area contributed by atoms with E-state index in [4.69, 9.17) is 26.0 Å². The van der Waals surface area contributed by atoms with Crippen molar-refractivity contribution in [1.82, 2.24) is 0 Å². The van der Waals surface area contributed by atoms with Gasteiger partial charge >= 0.3 is 17.9 Å². The standard InChI is InChI=1S/C16H25NO4.C16H27NO2.C12H19NO2/c1-15(2,3)21-14(18)8-16(9-17(19)20)12-5-4-10-6-11(12)13(16)7-10;1-15(2,3)19-14(18)8-16(9-17)12-5-4-10-6-11(12)13(16)7-10;13-6-12(5-11(14)15)9-2-1-7-3-8(9)10(12)4-7/h10-13H,4-9H2,1-3H3;10-13H,4-9,17H2,1-3H3;7-10H,1-6,13H2,(H,14,15)/t2*10-,11-,12?,13-,16-;7-,8-,9?,10-,12-/m000/s1. The molecule has 0 heterocycles. The Balaban J connectivity index is 0.000000128. The number of esters is 2. The van der Waals surface area contributed by atoms with Crippen molar-refractivity contribution in [2.24, 2.45) is 98.7 Å². The van der Waals surface area contributed by atoms with Gasteiger partial charge in [-0.3, -0.25) is 24.5 Å². The van der Waals surface area contributed by atoms with Crippen molar-refractivity contribution in [3.63, 3.8) is 0 Å². The number of fused-ring (bicyclic) bond motifs is 3. The van der Waals surface area contributed by atoms with Crippen molar-refractivity contribution in [2.45, 2.75) is 149 Å². The molecule has 11 nitrogen and oxygen atoms in total. The van der Waals surface area contributed by atoms with Crippen molar-refractivity contribution in [3.05, 3.63) is 10.1 Å². The van der Waals surface area contributed by atoms with Gasteiger partial charge in [0.15, 0.2) is 0 Å². The van der Waals surface area contributed by atoms with Gasteiger partial charge in [-0.1, -0.05) is 19.3 Å². The zero-order valence-electron chi connectivity index (χ0n) is 34.6. The predicted molar refractivity (Wildman–Crippen MR) is 208 cm³/mol. The zero-order valence-corrected chi connectivity index (χ0v) is 34.6. The Morgan fingerprint density at radius 1 is 0.600 bits per heavy atom. The number of carboxylic acid groups (broad SMARTS) is 1. The number of nitrogens with two attached hydrogens (primary N) is 2. The number of carbonyl (C=O) groups is 3. The molecule has 55 heavy (non-hydrogen) atoms. The minimum atomic E-state index is -0.658. The van der Waals surface area contributed by atoms with Gasteiger partial charge in [0.05, 0.1) is 24.7 Å². The lowest BCUT2D eigenvalue weighted by Gasteiger charge is -2.59. The van der Waals surface area contributed by atoms with E-state index in [1.54, 1.807) is 0 Å². The van der Waals surface area contributed by atoms with Crippen LogP contribution in [0.3, 0.4) is 0 Å². The van der Waals surface area contributed by atoms with E-state index in [0.717, 1.165) is 42.4 Å². The lowest BCUT2D eigenvalue weighted by atomic mass is 9.45. The van der Waals surface area contributed by atoms with Crippen molar-refractivity contribution in [2.75, 3.05) is 19.6 Å². The highest BCUT2D eigenvalue weighted by Crippen LogP contribution is 2.72. The molecule has 6 bridgehead atoms. The van der Waals surface area contributed by atoms with E-state index in [2.05, 4.69) is 0 Å². The maximum absolute atomic E-state index is 12.3. The number of nitro groups is 1. The zero-order chi connectivity index (χ0) is 39.9. The van der Waals surface area contributed by atoms with Crippen molar-refractivity contribution in [3.8, 4) is 0 Å². The summed E-state index contributed by atoms with van der Waals surface area (Å²) in [5, 5.41) is 20.2. The normalized spacial score (nSPS) is 44.6. The number of ether oxygens (including phenoxy) is 2. The molecule has 310 valence electrons. The Kier molecular flexibility index (Phi) is 10.8. The fourth-order valence-corrected chi connectivity index (χ4v) is 15.7. The first kappa shape index (κ1) is 40.9. The minimum Gasteiger partial charge on any atom is -0.481 e. The summed E-state index contributed by atoms with van der Waals surface area (Å²) in [6.45, 7) is 12.5. The number of hydrogen-bond acceptors (Lipinski definition) is 9. The van der Waals surface area contributed by atoms with Crippen molar-refractivity contribution < 1.29 is 33.9 Å². The van der Waals surface area contributed by atoms with E-state index in [1.807, 2.05) is 41.5 Å². The molecule has 0 aromatic carbocycles. The van der Waals surface area contributed by atoms with Crippen LogP contribution in [0.25, 0.3) is 0 Å². The first-order valence-corrected chi connectivity index (χ1v) is 21.9. The average molecular weight is 770 g/mol. The lowest BCUT2D eigenvalue weighted by molar-refractivity contribution is -0.512. The second kappa shape index (κ2) is 14.5. The maximum Gasteiger partial charge on any atom is 0.307 e. The van der Waals surface area contributed by atoms with Crippen LogP contribution in [-0.4, -0.2) is 58.8 Å². The number of hydrogen-bond donors (Lipinski definition) is 3. The van der Waals surface area contributed by atoms with Gasteiger partial charge in [-0.25, -0.2) is 0 Å². The molecule has 0 radical (unpaired) electrons. The highest BCUT2D eigenvalue weighted by atomic mass is 16.6. The quantitative estimate of drug-likeness (QED) is 0.116. The third-order valence-electron chi connectivity index (χ3n) is 17.2. The Bertz CT molecular complexity index is 1480. The summed E-state index contributed by atoms with van der Waals surface area (Å²) in [6.07, 6.45) is 16.1. The molecule has 9 saturated carbocycles. The van der Waals surface area contributed by atoms with E-state index >= 15 is 0 Å². The third-order valence-corrected chi connectivity index (χ3v) is 17.2. The molecule has 0 saturated heterocycles. The molecule has 9 fully saturated rings. The average Bonchev–Trinajstić information content (AvgIpc) is 3.47. The number of rotatable bonds is 10. The molecule has 0 aliphatic heterocycles. The molecule has 3 unspecified atom stereocenters. The van der Waals surface area contributed by atoms with Crippen LogP contribution < -0.4 is 11.5 Å². The number of carbonyl (C=O) groups excluding carboxylic acids is 2. The predicted octanol–water partition coefficient (Wildman–Crippen LogP) is 7.25. The Hall–Kier alpha value is -2.27. The van der Waals surface area contributed by atoms with Gasteiger partial charge in [0.1, 0.15) is 11.2 Å². The third kappa shape index (κ3) is 7.26. The molecule has 0 spiro atoms. The van der Waals surface area contributed by atoms with Crippen LogP contribution in [0.5, 0.6) is 0 Å².